The monoisotopic (exact) mass is 1230 g/mol. The molecule has 7 nitrogen and oxygen atoms in total. The molecule has 0 aliphatic rings. The van der Waals surface area contributed by atoms with Crippen molar-refractivity contribution in [1.82, 2.24) is 0 Å². The fourth-order valence-electron chi connectivity index (χ4n) is 2.96. The molecule has 8 unspecified atom stereocenters. The van der Waals surface area contributed by atoms with Crippen LogP contribution in [0.4, 0.5) is 0 Å². The topological polar surface area (TPSA) is 64.6 Å². The summed E-state index contributed by atoms with van der Waals surface area (Å²) < 4.78 is 44.3. The van der Waals surface area contributed by atoms with Gasteiger partial charge < -0.3 is 33.2 Å². The summed E-state index contributed by atoms with van der Waals surface area (Å²) in [5, 5.41) is 0. The molecule has 0 bridgehead atoms. The standard InChI is InChI=1S/C19H44B5I5O7P5/c25-21(37)2-7-31-12-18(35-9-4-23(27)39)14-33-16-19(36-10-5-24(28)40)15-32-13-17(34-8-3-22(26)38)11-30-6-1-20-41-29/h17-19,41H,1-16,37-40H2. The maximum absolute atomic E-state index is 6.17. The third kappa shape index (κ3) is 35.5. The molecule has 0 saturated heterocycles. The minimum Gasteiger partial charge on any atom is -0.379 e. The maximum atomic E-state index is 6.17. The molecule has 41 heavy (non-hydrogen) atoms. The highest BCUT2D eigenvalue weighted by Crippen LogP contribution is 2.19. The molecule has 8 atom stereocenters. The maximum Gasteiger partial charge on any atom is 0.241 e. The van der Waals surface area contributed by atoms with Gasteiger partial charge in [-0.25, -0.2) is 0 Å². The van der Waals surface area contributed by atoms with Gasteiger partial charge >= 0.3 is 0 Å². The zero-order valence-electron chi connectivity index (χ0n) is 23.5. The lowest BCUT2D eigenvalue weighted by Gasteiger charge is -2.23. The molecule has 237 valence electrons. The van der Waals surface area contributed by atoms with E-state index in [4.69, 9.17) is 33.2 Å². The van der Waals surface area contributed by atoms with Gasteiger partial charge in [-0.1, -0.05) is 34.5 Å². The summed E-state index contributed by atoms with van der Waals surface area (Å²) in [4.78, 5) is 0. The lowest BCUT2D eigenvalue weighted by molar-refractivity contribution is -0.105. The highest BCUT2D eigenvalue weighted by atomic mass is 127. The van der Waals surface area contributed by atoms with E-state index in [9.17, 15) is 0 Å². The van der Waals surface area contributed by atoms with E-state index in [-0.39, 0.29) is 18.3 Å². The van der Waals surface area contributed by atoms with Crippen molar-refractivity contribution in [1.29, 1.82) is 0 Å². The molecule has 0 rings (SSSR count). The lowest BCUT2D eigenvalue weighted by Crippen LogP contribution is -2.33. The van der Waals surface area contributed by atoms with Gasteiger partial charge in [-0.05, 0) is 25.3 Å². The van der Waals surface area contributed by atoms with E-state index in [1.807, 2.05) is 0 Å². The smallest absolute Gasteiger partial charge is 0.241 e. The van der Waals surface area contributed by atoms with E-state index in [2.05, 4.69) is 155 Å². The van der Waals surface area contributed by atoms with E-state index in [1.165, 1.54) is 0 Å². The molecule has 1 radical (unpaired) electrons. The quantitative estimate of drug-likeness (QED) is 0.0342. The molecular weight excluding hydrogens is 1180 g/mol. The molecule has 0 amide bonds. The van der Waals surface area contributed by atoms with Crippen LogP contribution < -0.4 is 0 Å². The van der Waals surface area contributed by atoms with Crippen molar-refractivity contribution in [3.05, 3.63) is 0 Å². The van der Waals surface area contributed by atoms with E-state index in [0.29, 0.717) is 89.8 Å². The van der Waals surface area contributed by atoms with Gasteiger partial charge in [-0.2, -0.15) is 36.5 Å². The highest BCUT2D eigenvalue weighted by molar-refractivity contribution is 14.2. The summed E-state index contributed by atoms with van der Waals surface area (Å²) in [6.07, 6.45) is 5.24. The molecule has 0 aliphatic heterocycles. The summed E-state index contributed by atoms with van der Waals surface area (Å²) >= 11 is 11.9. The Morgan fingerprint density at radius 1 is 0.512 bits per heavy atom. The van der Waals surface area contributed by atoms with Crippen molar-refractivity contribution < 1.29 is 33.2 Å². The van der Waals surface area contributed by atoms with Crippen molar-refractivity contribution >= 4 is 178 Å². The van der Waals surface area contributed by atoms with Crippen molar-refractivity contribution in [2.45, 2.75) is 49.9 Å². The van der Waals surface area contributed by atoms with Crippen LogP contribution in [0.5, 0.6) is 0 Å². The third-order valence-electron chi connectivity index (χ3n) is 5.09. The van der Waals surface area contributed by atoms with Crippen LogP contribution in [0.3, 0.4) is 0 Å². The van der Waals surface area contributed by atoms with E-state index in [0.717, 1.165) is 37.7 Å². The Hall–Kier alpha value is 5.84. The van der Waals surface area contributed by atoms with Crippen LogP contribution in [0.2, 0.25) is 31.6 Å². The van der Waals surface area contributed by atoms with Crippen LogP contribution >= 0.6 is 154 Å². The fourth-order valence-corrected chi connectivity index (χ4v) is 5.68. The first-order valence-corrected chi connectivity index (χ1v) is 25.4. The van der Waals surface area contributed by atoms with Gasteiger partial charge in [0.15, 0.2) is 7.00 Å². The van der Waals surface area contributed by atoms with Crippen LogP contribution in [0.25, 0.3) is 0 Å². The average Bonchev–Trinajstić information content (AvgIpc) is 2.89. The van der Waals surface area contributed by atoms with Crippen LogP contribution in [-0.2, 0) is 33.2 Å². The average molecular weight is 1230 g/mol. The predicted molar refractivity (Wildman–Crippen MR) is 243 cm³/mol. The minimum absolute atomic E-state index is 0.110. The summed E-state index contributed by atoms with van der Waals surface area (Å²) in [6.45, 7) is 8.48. The summed E-state index contributed by atoms with van der Waals surface area (Å²) in [5.41, 5.74) is 0. The molecule has 0 fully saturated rings. The molecule has 0 aromatic carbocycles. The Labute approximate surface area is 329 Å². The normalized spacial score (nSPS) is 13.9. The SMILES string of the molecule is PB(I)CCOCC(COCC(COCC(COCC[B]PI)OCCB(P)I)OCCB(P)I)OCCB(P)I. The lowest BCUT2D eigenvalue weighted by atomic mass is 10.0. The van der Waals surface area contributed by atoms with Gasteiger partial charge in [0.25, 0.3) is 0 Å². The van der Waals surface area contributed by atoms with Crippen LogP contribution in [0.1, 0.15) is 0 Å². The molecule has 0 heterocycles. The van der Waals surface area contributed by atoms with Crippen molar-refractivity contribution in [3.8, 4) is 0 Å². The first-order chi connectivity index (χ1) is 19.6. The van der Waals surface area contributed by atoms with E-state index >= 15 is 0 Å². The predicted octanol–water partition coefficient (Wildman–Crippen LogP) is 6.47. The molecule has 0 spiro atoms. The number of rotatable bonds is 31. The van der Waals surface area contributed by atoms with Crippen LogP contribution in [-0.4, -0.2) is 115 Å². The van der Waals surface area contributed by atoms with Crippen LogP contribution in [0, 0.1) is 0 Å². The molecule has 0 N–H and O–H groups in total. The zero-order chi connectivity index (χ0) is 30.7. The van der Waals surface area contributed by atoms with E-state index in [1.54, 1.807) is 0 Å². The zero-order valence-corrected chi connectivity index (χ0v) is 39.9. The molecule has 22 heteroatoms. The van der Waals surface area contributed by atoms with Gasteiger partial charge in [0.2, 0.25) is 17.2 Å². The number of hydrogen-bond acceptors (Lipinski definition) is 7. The third-order valence-corrected chi connectivity index (χ3v) is 10.7. The second kappa shape index (κ2) is 34.3. The summed E-state index contributed by atoms with van der Waals surface area (Å²) in [7, 11) is 11.2. The number of hydrogen-bond donors (Lipinski definition) is 0. The minimum atomic E-state index is -0.175. The number of halogens is 5. The van der Waals surface area contributed by atoms with E-state index < -0.39 is 0 Å². The second-order valence-electron chi connectivity index (χ2n) is 9.02. The van der Waals surface area contributed by atoms with Gasteiger partial charge in [-0.3, -0.25) is 0 Å². The van der Waals surface area contributed by atoms with Gasteiger partial charge in [0.1, 0.15) is 18.3 Å². The molecule has 0 aromatic heterocycles. The Kier molecular flexibility index (Phi) is 39.2. The van der Waals surface area contributed by atoms with Gasteiger partial charge in [-0.15, -0.1) is 89.5 Å². The van der Waals surface area contributed by atoms with Crippen molar-refractivity contribution in [2.24, 2.45) is 0 Å². The van der Waals surface area contributed by atoms with Crippen LogP contribution in [0.15, 0.2) is 0 Å². The van der Waals surface area contributed by atoms with Crippen molar-refractivity contribution in [3.63, 3.8) is 0 Å². The molecule has 0 saturated carbocycles. The Bertz CT molecular complexity index is 585. The van der Waals surface area contributed by atoms with Crippen molar-refractivity contribution in [2.75, 3.05) is 72.7 Å². The Balaban J connectivity index is 4.83. The highest BCUT2D eigenvalue weighted by Gasteiger charge is 2.18. The first kappa shape index (κ1) is 46.8. The number of ether oxygens (including phenoxy) is 7. The Morgan fingerprint density at radius 3 is 1.17 bits per heavy atom. The molecular formula is C19H44B5I5O7P5. The van der Waals surface area contributed by atoms with Gasteiger partial charge in [0, 0.05) is 33.0 Å². The second-order valence-corrected chi connectivity index (χ2v) is 26.6. The largest absolute Gasteiger partial charge is 0.379 e. The molecule has 0 aromatic rings. The summed E-state index contributed by atoms with van der Waals surface area (Å²) in [6, 6.07) is 0. The fraction of sp³-hybridized carbons (Fsp3) is 1.00. The molecule has 0 aliphatic carbocycles. The first-order valence-electron chi connectivity index (χ1n) is 13.6. The van der Waals surface area contributed by atoms with Gasteiger partial charge in [0.05, 0.1) is 39.6 Å². The Morgan fingerprint density at radius 2 is 0.829 bits per heavy atom. The summed E-state index contributed by atoms with van der Waals surface area (Å²) in [5.74, 6) is 0.